The minimum atomic E-state index is -0.291. The molecule has 4 heteroatoms. The minimum Gasteiger partial charge on any atom is -0.493 e. The van der Waals surface area contributed by atoms with Crippen molar-refractivity contribution < 1.29 is 9.53 Å². The van der Waals surface area contributed by atoms with Crippen LogP contribution in [0.3, 0.4) is 0 Å². The van der Waals surface area contributed by atoms with Crippen LogP contribution in [0.15, 0.2) is 24.3 Å². The van der Waals surface area contributed by atoms with Crippen LogP contribution in [0, 0.1) is 5.92 Å². The fourth-order valence-electron chi connectivity index (χ4n) is 1.90. The number of hydrogen-bond acceptors (Lipinski definition) is 3. The topological polar surface area (TPSA) is 64.3 Å². The maximum absolute atomic E-state index is 11.3. The number of benzene rings is 1. The normalized spacial score (nSPS) is 11.9. The molecule has 0 saturated carbocycles. The average molecular weight is 264 g/mol. The van der Waals surface area contributed by atoms with Gasteiger partial charge < -0.3 is 4.74 Å². The lowest BCUT2D eigenvalue weighted by Crippen LogP contribution is -2.29. The minimum absolute atomic E-state index is 0.291. The van der Waals surface area contributed by atoms with E-state index in [1.807, 2.05) is 0 Å². The van der Waals surface area contributed by atoms with Gasteiger partial charge >= 0.3 is 0 Å². The number of nitrogens with two attached hydrogens (primary N) is 1. The van der Waals surface area contributed by atoms with Crippen LogP contribution in [-0.2, 0) is 0 Å². The van der Waals surface area contributed by atoms with E-state index in [1.54, 1.807) is 24.3 Å². The number of nitrogens with one attached hydrogen (secondary N) is 1. The Balaban J connectivity index is 2.46. The molecule has 1 amide bonds. The molecule has 4 nitrogen and oxygen atoms in total. The van der Waals surface area contributed by atoms with Crippen molar-refractivity contribution in [1.82, 2.24) is 5.43 Å². The van der Waals surface area contributed by atoms with Crippen molar-refractivity contribution in [3.8, 4) is 5.75 Å². The van der Waals surface area contributed by atoms with Crippen LogP contribution in [0.4, 0.5) is 0 Å². The monoisotopic (exact) mass is 264 g/mol. The molecule has 0 aliphatic rings. The smallest absolute Gasteiger partial charge is 0.265 e. The lowest BCUT2D eigenvalue weighted by Gasteiger charge is -2.15. The van der Waals surface area contributed by atoms with Crippen molar-refractivity contribution in [2.24, 2.45) is 11.8 Å². The van der Waals surface area contributed by atoms with Gasteiger partial charge in [-0.1, -0.05) is 33.1 Å². The zero-order valence-electron chi connectivity index (χ0n) is 11.8. The zero-order chi connectivity index (χ0) is 14.1. The first-order chi connectivity index (χ1) is 9.21. The molecule has 0 unspecified atom stereocenters. The number of nitrogen functional groups attached to an aromatic ring is 1. The summed E-state index contributed by atoms with van der Waals surface area (Å²) in [6.45, 7) is 5.13. The van der Waals surface area contributed by atoms with Crippen molar-refractivity contribution in [3.05, 3.63) is 29.8 Å². The summed E-state index contributed by atoms with van der Waals surface area (Å²) in [5.41, 5.74) is 2.64. The van der Waals surface area contributed by atoms with E-state index in [-0.39, 0.29) is 5.91 Å². The van der Waals surface area contributed by atoms with E-state index >= 15 is 0 Å². The highest BCUT2D eigenvalue weighted by Crippen LogP contribution is 2.17. The predicted octanol–water partition coefficient (Wildman–Crippen LogP) is 2.89. The van der Waals surface area contributed by atoms with Crippen molar-refractivity contribution in [2.45, 2.75) is 39.5 Å². The van der Waals surface area contributed by atoms with Crippen molar-refractivity contribution in [1.29, 1.82) is 0 Å². The maximum Gasteiger partial charge on any atom is 0.265 e. The van der Waals surface area contributed by atoms with Gasteiger partial charge in [0, 0.05) is 5.56 Å². The van der Waals surface area contributed by atoms with Crippen molar-refractivity contribution in [3.63, 3.8) is 0 Å². The number of amides is 1. The molecule has 1 aromatic carbocycles. The quantitative estimate of drug-likeness (QED) is 0.431. The molecule has 106 valence electrons. The number of carbonyl (C=O) groups is 1. The maximum atomic E-state index is 11.3. The van der Waals surface area contributed by atoms with Crippen LogP contribution in [0.2, 0.25) is 0 Å². The second kappa shape index (κ2) is 8.53. The zero-order valence-corrected chi connectivity index (χ0v) is 11.8. The Bertz CT molecular complexity index is 376. The van der Waals surface area contributed by atoms with Gasteiger partial charge in [0.25, 0.3) is 5.91 Å². The third-order valence-electron chi connectivity index (χ3n) is 3.28. The Kier molecular flexibility index (Phi) is 6.97. The van der Waals surface area contributed by atoms with Gasteiger partial charge in [0.15, 0.2) is 0 Å². The number of hydrogen-bond donors (Lipinski definition) is 2. The van der Waals surface area contributed by atoms with Crippen LogP contribution in [-0.4, -0.2) is 12.5 Å². The van der Waals surface area contributed by atoms with Crippen molar-refractivity contribution >= 4 is 5.91 Å². The predicted molar refractivity (Wildman–Crippen MR) is 76.9 cm³/mol. The molecule has 19 heavy (non-hydrogen) atoms. The molecule has 3 N–H and O–H groups in total. The molecule has 0 fully saturated rings. The third kappa shape index (κ3) is 5.30. The number of unbranched alkanes of at least 4 members (excludes halogenated alkanes) is 1. The van der Waals surface area contributed by atoms with E-state index in [0.717, 1.165) is 18.8 Å². The van der Waals surface area contributed by atoms with E-state index in [4.69, 9.17) is 10.6 Å². The fraction of sp³-hybridized carbons (Fsp3) is 0.533. The van der Waals surface area contributed by atoms with Crippen LogP contribution in [0.5, 0.6) is 5.75 Å². The van der Waals surface area contributed by atoms with Gasteiger partial charge in [-0.05, 0) is 36.6 Å². The number of ether oxygens (including phenoxy) is 1. The second-order valence-electron chi connectivity index (χ2n) is 4.73. The molecule has 0 radical (unpaired) electrons. The molecule has 0 saturated heterocycles. The second-order valence-corrected chi connectivity index (χ2v) is 4.73. The molecule has 1 atom stereocenters. The Morgan fingerprint density at radius 3 is 2.53 bits per heavy atom. The van der Waals surface area contributed by atoms with Crippen LogP contribution >= 0.6 is 0 Å². The molecule has 0 heterocycles. The van der Waals surface area contributed by atoms with Gasteiger partial charge in [0.05, 0.1) is 6.61 Å². The highest BCUT2D eigenvalue weighted by molar-refractivity contribution is 5.93. The highest BCUT2D eigenvalue weighted by Gasteiger charge is 2.07. The molecule has 0 aliphatic heterocycles. The Morgan fingerprint density at radius 1 is 1.32 bits per heavy atom. The summed E-state index contributed by atoms with van der Waals surface area (Å²) in [6.07, 6.45) is 4.81. The fourth-order valence-corrected chi connectivity index (χ4v) is 1.90. The average Bonchev–Trinajstić information content (AvgIpc) is 2.47. The molecule has 0 aromatic heterocycles. The molecular formula is C15H24N2O2. The van der Waals surface area contributed by atoms with Crippen LogP contribution in [0.1, 0.15) is 49.9 Å². The highest BCUT2D eigenvalue weighted by atomic mass is 16.5. The SMILES string of the molecule is CCCC[C@@H](CC)COc1ccc(C(=O)NN)cc1. The lowest BCUT2D eigenvalue weighted by atomic mass is 10.0. The molecule has 1 rings (SSSR count). The summed E-state index contributed by atoms with van der Waals surface area (Å²) in [5.74, 6) is 6.18. The van der Waals surface area contributed by atoms with Gasteiger partial charge in [0.2, 0.25) is 0 Å². The number of rotatable bonds is 8. The third-order valence-corrected chi connectivity index (χ3v) is 3.28. The van der Waals surface area contributed by atoms with E-state index in [1.165, 1.54) is 19.3 Å². The summed E-state index contributed by atoms with van der Waals surface area (Å²) in [4.78, 5) is 11.3. The van der Waals surface area contributed by atoms with E-state index < -0.39 is 0 Å². The molecule has 0 spiro atoms. The Labute approximate surface area is 115 Å². The molecular weight excluding hydrogens is 240 g/mol. The molecule has 0 bridgehead atoms. The van der Waals surface area contributed by atoms with Gasteiger partial charge in [-0.3, -0.25) is 10.2 Å². The summed E-state index contributed by atoms with van der Waals surface area (Å²) in [5, 5.41) is 0. The van der Waals surface area contributed by atoms with E-state index in [0.29, 0.717) is 11.5 Å². The van der Waals surface area contributed by atoms with E-state index in [9.17, 15) is 4.79 Å². The molecule has 0 aliphatic carbocycles. The van der Waals surface area contributed by atoms with Crippen LogP contribution in [0.25, 0.3) is 0 Å². The standard InChI is InChI=1S/C15H24N2O2/c1-3-5-6-12(4-2)11-19-14-9-7-13(8-10-14)15(18)17-16/h7-10,12H,3-6,11,16H2,1-2H3,(H,17,18)/t12-/m1/s1. The Hall–Kier alpha value is -1.55. The van der Waals surface area contributed by atoms with Gasteiger partial charge in [-0.2, -0.15) is 0 Å². The summed E-state index contributed by atoms with van der Waals surface area (Å²) >= 11 is 0. The first-order valence-electron chi connectivity index (χ1n) is 6.95. The van der Waals surface area contributed by atoms with Crippen LogP contribution < -0.4 is 16.0 Å². The first-order valence-corrected chi connectivity index (χ1v) is 6.95. The summed E-state index contributed by atoms with van der Waals surface area (Å²) < 4.78 is 5.76. The van der Waals surface area contributed by atoms with Gasteiger partial charge in [-0.25, -0.2) is 5.84 Å². The van der Waals surface area contributed by atoms with Gasteiger partial charge in [-0.15, -0.1) is 0 Å². The largest absolute Gasteiger partial charge is 0.493 e. The lowest BCUT2D eigenvalue weighted by molar-refractivity contribution is 0.0953. The van der Waals surface area contributed by atoms with Crippen molar-refractivity contribution in [2.75, 3.05) is 6.61 Å². The summed E-state index contributed by atoms with van der Waals surface area (Å²) in [7, 11) is 0. The summed E-state index contributed by atoms with van der Waals surface area (Å²) in [6, 6.07) is 7.03. The first kappa shape index (κ1) is 15.5. The number of carbonyl (C=O) groups excluding carboxylic acids is 1. The Morgan fingerprint density at radius 2 is 2.00 bits per heavy atom. The number of hydrazine groups is 1. The molecule has 1 aromatic rings. The van der Waals surface area contributed by atoms with E-state index in [2.05, 4.69) is 19.3 Å². The van der Waals surface area contributed by atoms with Gasteiger partial charge in [0.1, 0.15) is 5.75 Å².